The zero-order chi connectivity index (χ0) is 8.97. The third kappa shape index (κ3) is 2.10. The molecule has 0 N–H and O–H groups in total. The maximum Gasteiger partial charge on any atom is 0.360 e. The third-order valence-corrected chi connectivity index (χ3v) is 1.56. The molecular formula is C7H8AlNO3. The molecular weight excluding hydrogens is 173 g/mol. The van der Waals surface area contributed by atoms with Crippen molar-refractivity contribution < 1.29 is 13.9 Å². The lowest BCUT2D eigenvalue weighted by molar-refractivity contribution is 0.0519. The molecule has 0 bridgehead atoms. The summed E-state index contributed by atoms with van der Waals surface area (Å²) in [7, 11) is 0. The molecule has 1 rings (SSSR count). The first-order valence-corrected chi connectivity index (χ1v) is 4.41. The van der Waals surface area contributed by atoms with Crippen molar-refractivity contribution in [2.24, 2.45) is 0 Å². The van der Waals surface area contributed by atoms with Crippen LogP contribution in [0.15, 0.2) is 10.7 Å². The number of aromatic nitrogens is 1. The van der Waals surface area contributed by atoms with Crippen LogP contribution in [0.25, 0.3) is 0 Å². The Kier molecular flexibility index (Phi) is 3.33. The van der Waals surface area contributed by atoms with E-state index in [1.54, 1.807) is 6.92 Å². The summed E-state index contributed by atoms with van der Waals surface area (Å²) in [6, 6.07) is 0. The summed E-state index contributed by atoms with van der Waals surface area (Å²) in [6.45, 7) is 2.09. The highest BCUT2D eigenvalue weighted by Crippen LogP contribution is 2.02. The molecule has 4 nitrogen and oxygen atoms in total. The van der Waals surface area contributed by atoms with Crippen molar-refractivity contribution in [2.75, 3.05) is 6.61 Å². The summed E-state index contributed by atoms with van der Waals surface area (Å²) >= 11 is 2.46. The van der Waals surface area contributed by atoms with Crippen LogP contribution < -0.4 is 0 Å². The van der Waals surface area contributed by atoms with Gasteiger partial charge in [0.1, 0.15) is 22.6 Å². The van der Waals surface area contributed by atoms with E-state index in [1.807, 2.05) is 0 Å². The van der Waals surface area contributed by atoms with Gasteiger partial charge >= 0.3 is 5.97 Å². The molecule has 1 heterocycles. The van der Waals surface area contributed by atoms with Crippen molar-refractivity contribution in [2.45, 2.75) is 12.2 Å². The summed E-state index contributed by atoms with van der Waals surface area (Å²) in [4.78, 5) is 14.9. The van der Waals surface area contributed by atoms with Crippen LogP contribution in [0.5, 0.6) is 0 Å². The van der Waals surface area contributed by atoms with E-state index in [2.05, 4.69) is 21.3 Å². The van der Waals surface area contributed by atoms with Gasteiger partial charge in [0.15, 0.2) is 11.6 Å². The summed E-state index contributed by atoms with van der Waals surface area (Å²) in [5.41, 5.74) is 0.231. The van der Waals surface area contributed by atoms with Crippen molar-refractivity contribution in [3.05, 3.63) is 17.8 Å². The van der Waals surface area contributed by atoms with Gasteiger partial charge in [0.05, 0.1) is 6.61 Å². The maximum atomic E-state index is 11.0. The van der Waals surface area contributed by atoms with E-state index in [9.17, 15) is 4.79 Å². The van der Waals surface area contributed by atoms with Crippen molar-refractivity contribution in [3.63, 3.8) is 0 Å². The second-order valence-corrected chi connectivity index (χ2v) is 2.46. The first kappa shape index (κ1) is 9.30. The summed E-state index contributed by atoms with van der Waals surface area (Å²) in [6.07, 6.45) is 1.30. The lowest BCUT2D eigenvalue weighted by atomic mass is 10.5. The standard InChI is InChI=1S/C7H8NO3.Al/c1-3-10-7(9)6-4-11-5(2)8-6;/h4H,2-3H2,1H3;. The van der Waals surface area contributed by atoms with E-state index in [1.165, 1.54) is 6.26 Å². The molecule has 0 aliphatic carbocycles. The minimum atomic E-state index is -0.439. The van der Waals surface area contributed by atoms with Crippen LogP contribution >= 0.6 is 0 Å². The van der Waals surface area contributed by atoms with Crippen LogP contribution in [0.2, 0.25) is 0 Å². The highest BCUT2D eigenvalue weighted by atomic mass is 27.0. The van der Waals surface area contributed by atoms with E-state index in [-0.39, 0.29) is 5.69 Å². The molecule has 0 aliphatic rings. The van der Waals surface area contributed by atoms with Crippen LogP contribution in [0.1, 0.15) is 23.3 Å². The summed E-state index contributed by atoms with van der Waals surface area (Å²) in [5.74, 6) is 0.0778. The topological polar surface area (TPSA) is 52.3 Å². The zero-order valence-corrected chi connectivity index (χ0v) is 7.90. The fourth-order valence-electron chi connectivity index (χ4n) is 0.703. The molecule has 1 aromatic heterocycles. The fourth-order valence-corrected chi connectivity index (χ4v) is 0.891. The number of ether oxygens (including phenoxy) is 1. The van der Waals surface area contributed by atoms with Crippen LogP contribution in [0.4, 0.5) is 0 Å². The molecule has 0 atom stereocenters. The van der Waals surface area contributed by atoms with E-state index in [0.29, 0.717) is 17.8 Å². The van der Waals surface area contributed by atoms with Crippen molar-refractivity contribution in [1.82, 2.24) is 4.98 Å². The summed E-state index contributed by atoms with van der Waals surface area (Å²) in [5, 5.41) is 0.597. The highest BCUT2D eigenvalue weighted by molar-refractivity contribution is 6.07. The highest BCUT2D eigenvalue weighted by Gasteiger charge is 2.11. The number of oxazole rings is 1. The van der Waals surface area contributed by atoms with Gasteiger partial charge in [-0.1, -0.05) is 0 Å². The molecule has 12 heavy (non-hydrogen) atoms. The Balaban J connectivity index is 2.68. The van der Waals surface area contributed by atoms with Gasteiger partial charge in [-0.3, -0.25) is 0 Å². The number of nitrogens with zero attached hydrogens (tertiary/aromatic N) is 1. The Morgan fingerprint density at radius 1 is 1.83 bits per heavy atom. The number of carbonyl (C=O) groups excluding carboxylic acids is 1. The molecule has 0 saturated heterocycles. The zero-order valence-electron chi connectivity index (χ0n) is 6.74. The Labute approximate surface area is 78.3 Å². The predicted octanol–water partition coefficient (Wildman–Crippen LogP) is 0.520. The average Bonchev–Trinajstić information content (AvgIpc) is 2.52. The molecule has 5 heteroatoms. The quantitative estimate of drug-likeness (QED) is 0.503. The molecule has 0 saturated carbocycles. The number of rotatable bonds is 3. The van der Waals surface area contributed by atoms with E-state index < -0.39 is 5.97 Å². The van der Waals surface area contributed by atoms with Gasteiger partial charge in [-0.2, -0.15) is 0 Å². The van der Waals surface area contributed by atoms with E-state index >= 15 is 0 Å². The Morgan fingerprint density at radius 2 is 2.58 bits per heavy atom. The Hall–Kier alpha value is -0.788. The fraction of sp³-hybridized carbons (Fsp3) is 0.429. The first-order chi connectivity index (χ1) is 5.77. The van der Waals surface area contributed by atoms with Crippen molar-refractivity contribution >= 4 is 22.3 Å². The molecule has 0 aliphatic heterocycles. The van der Waals surface area contributed by atoms with Gasteiger partial charge in [-0.05, 0) is 12.2 Å². The molecule has 1 aromatic rings. The molecule has 0 spiro atoms. The van der Waals surface area contributed by atoms with Crippen LogP contribution in [-0.4, -0.2) is 33.9 Å². The van der Waals surface area contributed by atoms with E-state index in [4.69, 9.17) is 9.15 Å². The van der Waals surface area contributed by atoms with Crippen LogP contribution in [0.3, 0.4) is 0 Å². The van der Waals surface area contributed by atoms with Crippen molar-refractivity contribution in [1.29, 1.82) is 0 Å². The summed E-state index contributed by atoms with van der Waals surface area (Å²) < 4.78 is 9.67. The van der Waals surface area contributed by atoms with Gasteiger partial charge in [-0.25, -0.2) is 9.78 Å². The monoisotopic (exact) mass is 181 g/mol. The maximum absolute atomic E-state index is 11.0. The van der Waals surface area contributed by atoms with Gasteiger partial charge in [0.25, 0.3) is 0 Å². The molecule has 0 unspecified atom stereocenters. The minimum Gasteiger partial charge on any atom is -0.461 e. The van der Waals surface area contributed by atoms with Gasteiger partial charge < -0.3 is 9.15 Å². The number of hydrogen-bond donors (Lipinski definition) is 0. The Morgan fingerprint density at radius 3 is 3.08 bits per heavy atom. The normalized spacial score (nSPS) is 9.75. The molecule has 0 fully saturated rings. The third-order valence-electron chi connectivity index (χ3n) is 1.21. The largest absolute Gasteiger partial charge is 0.461 e. The molecule has 62 valence electrons. The second kappa shape index (κ2) is 4.29. The number of carbonyl (C=O) groups is 1. The molecule has 0 aromatic carbocycles. The van der Waals surface area contributed by atoms with E-state index in [0.717, 1.165) is 0 Å². The van der Waals surface area contributed by atoms with Gasteiger partial charge in [0.2, 0.25) is 0 Å². The second-order valence-electron chi connectivity index (χ2n) is 2.05. The number of esters is 1. The average molecular weight is 181 g/mol. The smallest absolute Gasteiger partial charge is 0.360 e. The molecule has 2 radical (unpaired) electrons. The van der Waals surface area contributed by atoms with Gasteiger partial charge in [0, 0.05) is 0 Å². The van der Waals surface area contributed by atoms with Crippen LogP contribution in [0, 0.1) is 0 Å². The van der Waals surface area contributed by atoms with Crippen molar-refractivity contribution in [3.8, 4) is 0 Å². The van der Waals surface area contributed by atoms with Crippen LogP contribution in [-0.2, 0) is 10.0 Å². The SMILES string of the molecule is CCOC(=O)c1coc([CH2][Al])n1. The predicted molar refractivity (Wildman–Crippen MR) is 41.9 cm³/mol. The lowest BCUT2D eigenvalue weighted by Gasteiger charge is -1.94. The number of hydrogen-bond acceptors (Lipinski definition) is 4. The van der Waals surface area contributed by atoms with Gasteiger partial charge in [-0.15, -0.1) is 0 Å². The lowest BCUT2D eigenvalue weighted by Crippen LogP contribution is -2.04. The minimum absolute atomic E-state index is 0.231. The Bertz CT molecular complexity index is 271. The first-order valence-electron chi connectivity index (χ1n) is 3.59. The molecule has 0 amide bonds.